The Labute approximate surface area is 255 Å². The van der Waals surface area contributed by atoms with E-state index in [9.17, 15) is 5.11 Å². The molecule has 216 valence electrons. The number of hydrogen-bond acceptors (Lipinski definition) is 6. The van der Waals surface area contributed by atoms with Gasteiger partial charge in [0.1, 0.15) is 5.75 Å². The van der Waals surface area contributed by atoms with Gasteiger partial charge in [0.25, 0.3) is 0 Å². The lowest BCUT2D eigenvalue weighted by molar-refractivity contribution is 0.273. The van der Waals surface area contributed by atoms with Crippen LogP contribution in [0, 0.1) is 0 Å². The molecule has 0 spiro atoms. The molecule has 0 saturated carbocycles. The summed E-state index contributed by atoms with van der Waals surface area (Å²) in [5, 5.41) is 15.9. The van der Waals surface area contributed by atoms with Crippen molar-refractivity contribution in [2.24, 2.45) is 0 Å². The summed E-state index contributed by atoms with van der Waals surface area (Å²) in [6.07, 6.45) is 2.40. The minimum atomic E-state index is -0.278. The average Bonchev–Trinajstić information content (AvgIpc) is 3.48. The third-order valence-electron chi connectivity index (χ3n) is 7.67. The zero-order valence-corrected chi connectivity index (χ0v) is 24.0. The van der Waals surface area contributed by atoms with Crippen LogP contribution in [0.1, 0.15) is 11.1 Å². The maximum atomic E-state index is 10.3. The summed E-state index contributed by atoms with van der Waals surface area (Å²) in [6, 6.07) is 42.9. The molecule has 0 aliphatic carbocycles. The predicted octanol–water partition coefficient (Wildman–Crippen LogP) is 7.50. The van der Waals surface area contributed by atoms with E-state index in [0.29, 0.717) is 35.7 Å². The van der Waals surface area contributed by atoms with E-state index >= 15 is 0 Å². The fourth-order valence-corrected chi connectivity index (χ4v) is 5.41. The first-order valence-electron chi connectivity index (χ1n) is 14.7. The number of nitrogens with zero attached hydrogens (tertiary/aromatic N) is 4. The summed E-state index contributed by atoms with van der Waals surface area (Å²) in [4.78, 5) is 14.3. The molecule has 0 aliphatic heterocycles. The number of fused-ring (bicyclic) bond motifs is 2. The van der Waals surface area contributed by atoms with E-state index in [0.717, 1.165) is 27.5 Å². The summed E-state index contributed by atoms with van der Waals surface area (Å²) < 4.78 is 8.24. The highest BCUT2D eigenvalue weighted by Crippen LogP contribution is 2.29. The van der Waals surface area contributed by atoms with E-state index < -0.39 is 0 Å². The maximum absolute atomic E-state index is 10.3. The van der Waals surface area contributed by atoms with E-state index in [1.165, 1.54) is 5.56 Å². The fourth-order valence-electron chi connectivity index (χ4n) is 5.41. The molecule has 7 aromatic rings. The predicted molar refractivity (Wildman–Crippen MR) is 175 cm³/mol. The van der Waals surface area contributed by atoms with Crippen LogP contribution in [0.15, 0.2) is 134 Å². The Bertz CT molecular complexity index is 2010. The van der Waals surface area contributed by atoms with Crippen LogP contribution in [-0.4, -0.2) is 37.3 Å². The number of hydrogen-bond donors (Lipinski definition) is 2. The minimum absolute atomic E-state index is 0.0737. The Morgan fingerprint density at radius 3 is 2.18 bits per heavy atom. The molecule has 5 aromatic carbocycles. The first-order valence-corrected chi connectivity index (χ1v) is 14.7. The summed E-state index contributed by atoms with van der Waals surface area (Å²) in [5.74, 6) is 1.15. The van der Waals surface area contributed by atoms with Crippen LogP contribution in [0.25, 0.3) is 33.1 Å². The van der Waals surface area contributed by atoms with Crippen molar-refractivity contribution in [2.45, 2.75) is 19.0 Å². The molecule has 7 nitrogen and oxygen atoms in total. The van der Waals surface area contributed by atoms with Crippen LogP contribution < -0.4 is 10.1 Å². The molecular formula is C37H31N5O2. The molecule has 2 heterocycles. The van der Waals surface area contributed by atoms with Crippen molar-refractivity contribution in [2.75, 3.05) is 11.9 Å². The van der Waals surface area contributed by atoms with Crippen molar-refractivity contribution in [3.05, 3.63) is 145 Å². The number of benzene rings is 5. The van der Waals surface area contributed by atoms with E-state index in [4.69, 9.17) is 19.7 Å². The van der Waals surface area contributed by atoms with E-state index in [1.54, 1.807) is 6.33 Å². The molecule has 2 aromatic heterocycles. The molecule has 7 rings (SSSR count). The monoisotopic (exact) mass is 577 g/mol. The van der Waals surface area contributed by atoms with Gasteiger partial charge in [0, 0.05) is 0 Å². The van der Waals surface area contributed by atoms with Gasteiger partial charge in [0.05, 0.1) is 25.5 Å². The fraction of sp³-hybridized carbons (Fsp3) is 0.108. The van der Waals surface area contributed by atoms with Crippen molar-refractivity contribution < 1.29 is 9.84 Å². The van der Waals surface area contributed by atoms with Gasteiger partial charge in [-0.15, -0.1) is 0 Å². The highest BCUT2D eigenvalue weighted by atomic mass is 16.5. The number of aliphatic hydroxyl groups excluding tert-OH is 1. The zero-order chi connectivity index (χ0) is 29.7. The van der Waals surface area contributed by atoms with Gasteiger partial charge in [-0.2, -0.15) is 9.97 Å². The molecule has 0 radical (unpaired) electrons. The molecule has 7 heteroatoms. The number of anilines is 1. The average molecular weight is 578 g/mol. The van der Waals surface area contributed by atoms with Gasteiger partial charge in [0.15, 0.2) is 17.0 Å². The van der Waals surface area contributed by atoms with Crippen LogP contribution in [-0.2, 0) is 13.0 Å². The first kappa shape index (κ1) is 27.3. The molecule has 0 fully saturated rings. The second-order valence-electron chi connectivity index (χ2n) is 10.8. The van der Waals surface area contributed by atoms with Gasteiger partial charge >= 0.3 is 6.01 Å². The summed E-state index contributed by atoms with van der Waals surface area (Å²) in [5.41, 5.74) is 5.83. The summed E-state index contributed by atoms with van der Waals surface area (Å²) >= 11 is 0. The maximum Gasteiger partial charge on any atom is 0.326 e. The number of ether oxygens (including phenoxy) is 1. The van der Waals surface area contributed by atoms with Crippen LogP contribution >= 0.6 is 0 Å². The van der Waals surface area contributed by atoms with Gasteiger partial charge in [0.2, 0.25) is 0 Å². The van der Waals surface area contributed by atoms with Gasteiger partial charge in [-0.3, -0.25) is 0 Å². The molecule has 0 unspecified atom stereocenters. The third kappa shape index (κ3) is 6.00. The van der Waals surface area contributed by atoms with Crippen LogP contribution in [0.2, 0.25) is 0 Å². The summed E-state index contributed by atoms with van der Waals surface area (Å²) in [7, 11) is 0. The van der Waals surface area contributed by atoms with Crippen LogP contribution in [0.3, 0.4) is 0 Å². The van der Waals surface area contributed by atoms with Gasteiger partial charge in [-0.1, -0.05) is 115 Å². The largest absolute Gasteiger partial charge is 0.424 e. The SMILES string of the molecule is OC[C@H](Cc1ccccc1)Nc1nc(Oc2ccc3ccccc3c2)nc2c1ncn2Cc1ccc(-c2ccccc2)cc1. The molecule has 0 aliphatic rings. The standard InChI is InChI=1S/C37H31N5O2/c43-24-32(21-26-9-3-1-4-10-26)39-35-34-36(41-37(40-35)44-33-20-19-29-13-7-8-14-31(29)22-33)42(25-38-34)23-27-15-17-30(18-16-27)28-11-5-2-6-12-28/h1-20,22,25,32,43H,21,23-24H2,(H,39,40,41)/t32-/m0/s1. The molecule has 1 atom stereocenters. The quantitative estimate of drug-likeness (QED) is 0.175. The van der Waals surface area contributed by atoms with Crippen molar-refractivity contribution in [1.82, 2.24) is 19.5 Å². The lowest BCUT2D eigenvalue weighted by Gasteiger charge is -2.18. The third-order valence-corrected chi connectivity index (χ3v) is 7.67. The molecule has 0 amide bonds. The van der Waals surface area contributed by atoms with E-state index in [-0.39, 0.29) is 18.7 Å². The number of rotatable bonds is 10. The van der Waals surface area contributed by atoms with Crippen molar-refractivity contribution in [3.63, 3.8) is 0 Å². The number of aliphatic hydroxyl groups is 1. The highest BCUT2D eigenvalue weighted by molar-refractivity contribution is 5.85. The van der Waals surface area contributed by atoms with Gasteiger partial charge in [-0.25, -0.2) is 4.98 Å². The second kappa shape index (κ2) is 12.4. The van der Waals surface area contributed by atoms with Crippen molar-refractivity contribution in [1.29, 1.82) is 0 Å². The topological polar surface area (TPSA) is 85.1 Å². The van der Waals surface area contributed by atoms with E-state index in [2.05, 4.69) is 47.8 Å². The van der Waals surface area contributed by atoms with Crippen molar-refractivity contribution >= 4 is 27.8 Å². The highest BCUT2D eigenvalue weighted by Gasteiger charge is 2.19. The number of nitrogens with one attached hydrogen (secondary N) is 1. The van der Waals surface area contributed by atoms with Gasteiger partial charge in [-0.05, 0) is 51.6 Å². The molecular weight excluding hydrogens is 546 g/mol. The zero-order valence-electron chi connectivity index (χ0n) is 24.0. The van der Waals surface area contributed by atoms with Gasteiger partial charge < -0.3 is 19.7 Å². The minimum Gasteiger partial charge on any atom is -0.424 e. The Morgan fingerprint density at radius 2 is 1.41 bits per heavy atom. The molecule has 0 bridgehead atoms. The summed E-state index contributed by atoms with van der Waals surface area (Å²) in [6.45, 7) is 0.501. The van der Waals surface area contributed by atoms with Crippen LogP contribution in [0.4, 0.5) is 5.82 Å². The van der Waals surface area contributed by atoms with E-state index in [1.807, 2.05) is 89.5 Å². The molecule has 0 saturated heterocycles. The smallest absolute Gasteiger partial charge is 0.326 e. The first-order chi connectivity index (χ1) is 21.7. The Balaban J connectivity index is 1.22. The Morgan fingerprint density at radius 1 is 0.705 bits per heavy atom. The van der Waals surface area contributed by atoms with Crippen molar-refractivity contribution in [3.8, 4) is 22.9 Å². The Hall–Kier alpha value is -5.53. The number of aromatic nitrogens is 4. The second-order valence-corrected chi connectivity index (χ2v) is 10.8. The molecule has 44 heavy (non-hydrogen) atoms. The lowest BCUT2D eigenvalue weighted by atomic mass is 10.0. The van der Waals surface area contributed by atoms with Crippen LogP contribution in [0.5, 0.6) is 11.8 Å². The number of imidazole rings is 1. The lowest BCUT2D eigenvalue weighted by Crippen LogP contribution is -2.27. The normalized spacial score (nSPS) is 11.9. The Kier molecular flexibility index (Phi) is 7.68. The molecule has 2 N–H and O–H groups in total.